The summed E-state index contributed by atoms with van der Waals surface area (Å²) >= 11 is 0. The van der Waals surface area contributed by atoms with Crippen LogP contribution >= 0.6 is 0 Å². The fourth-order valence-electron chi connectivity index (χ4n) is 1.56. The zero-order valence-electron chi connectivity index (χ0n) is 12.3. The van der Waals surface area contributed by atoms with Crippen LogP contribution in [0.25, 0.3) is 0 Å². The lowest BCUT2D eigenvalue weighted by Gasteiger charge is -2.06. The fraction of sp³-hybridized carbons (Fsp3) is 0.353. The molecule has 1 rings (SSSR count). The normalized spacial score (nSPS) is 11.1. The van der Waals surface area contributed by atoms with Crippen LogP contribution < -0.4 is 0 Å². The van der Waals surface area contributed by atoms with Gasteiger partial charge in [0.25, 0.3) is 0 Å². The number of allylic oxidation sites excluding steroid dienone is 5. The van der Waals surface area contributed by atoms with Crippen molar-refractivity contribution in [1.29, 1.82) is 0 Å². The molecule has 104 valence electrons. The summed E-state index contributed by atoms with van der Waals surface area (Å²) in [6, 6.07) is 3.74. The van der Waals surface area contributed by atoms with Gasteiger partial charge in [-0.05, 0) is 23.6 Å². The van der Waals surface area contributed by atoms with Crippen molar-refractivity contribution in [3.8, 4) is 0 Å². The highest BCUT2D eigenvalue weighted by Crippen LogP contribution is 2.12. The molecule has 0 aliphatic rings. The zero-order chi connectivity index (χ0) is 14.5. The Balaban J connectivity index is 0.00000154. The van der Waals surface area contributed by atoms with Crippen LogP contribution in [0.15, 0.2) is 54.8 Å². The van der Waals surface area contributed by atoms with Gasteiger partial charge in [0.05, 0.1) is 12.3 Å². The van der Waals surface area contributed by atoms with Gasteiger partial charge in [-0.15, -0.1) is 0 Å². The Morgan fingerprint density at radius 1 is 1.42 bits per heavy atom. The molecular formula is C17H25NO. The molecular weight excluding hydrogens is 234 g/mol. The maximum atomic E-state index is 9.24. The van der Waals surface area contributed by atoms with Crippen molar-refractivity contribution in [2.75, 3.05) is 0 Å². The third kappa shape index (κ3) is 6.73. The second kappa shape index (κ2) is 11.4. The van der Waals surface area contributed by atoms with Gasteiger partial charge >= 0.3 is 0 Å². The molecule has 2 heteroatoms. The number of rotatable bonds is 6. The highest BCUT2D eigenvalue weighted by atomic mass is 16.3. The second-order valence-corrected chi connectivity index (χ2v) is 3.73. The molecule has 0 spiro atoms. The third-order valence-electron chi connectivity index (χ3n) is 2.43. The van der Waals surface area contributed by atoms with Gasteiger partial charge in [0, 0.05) is 12.6 Å². The van der Waals surface area contributed by atoms with Gasteiger partial charge in [-0.1, -0.05) is 57.7 Å². The molecule has 1 N–H and O–H groups in total. The lowest BCUT2D eigenvalue weighted by molar-refractivity contribution is 0.280. The smallest absolute Gasteiger partial charge is 0.0699 e. The van der Waals surface area contributed by atoms with Crippen LogP contribution in [0.2, 0.25) is 0 Å². The summed E-state index contributed by atoms with van der Waals surface area (Å²) in [5, 5.41) is 9.24. The van der Waals surface area contributed by atoms with E-state index in [1.54, 1.807) is 12.3 Å². The summed E-state index contributed by atoms with van der Waals surface area (Å²) in [6.07, 6.45) is 11.4. The maximum absolute atomic E-state index is 9.24. The zero-order valence-corrected chi connectivity index (χ0v) is 12.3. The average molecular weight is 259 g/mol. The van der Waals surface area contributed by atoms with Crippen molar-refractivity contribution in [3.05, 3.63) is 66.0 Å². The van der Waals surface area contributed by atoms with Gasteiger partial charge in [0.1, 0.15) is 0 Å². The molecule has 0 radical (unpaired) electrons. The summed E-state index contributed by atoms with van der Waals surface area (Å²) in [5.74, 6) is 0. The molecule has 0 saturated heterocycles. The minimum absolute atomic E-state index is 0.0298. The molecule has 0 aliphatic heterocycles. The molecule has 0 fully saturated rings. The molecule has 0 saturated carbocycles. The first-order chi connectivity index (χ1) is 9.31. The monoisotopic (exact) mass is 259 g/mol. The van der Waals surface area contributed by atoms with E-state index in [1.165, 1.54) is 0 Å². The Labute approximate surface area is 117 Å². The highest BCUT2D eigenvalue weighted by Gasteiger charge is 2.03. The molecule has 0 bridgehead atoms. The summed E-state index contributed by atoms with van der Waals surface area (Å²) in [7, 11) is 0. The first kappa shape index (κ1) is 17.3. The van der Waals surface area contributed by atoms with Gasteiger partial charge in [-0.2, -0.15) is 0 Å². The number of nitrogens with zero attached hydrogens (tertiary/aromatic N) is 1. The van der Waals surface area contributed by atoms with Crippen molar-refractivity contribution >= 4 is 0 Å². The first-order valence-corrected chi connectivity index (χ1v) is 6.83. The van der Waals surface area contributed by atoms with Crippen LogP contribution in [-0.4, -0.2) is 10.1 Å². The van der Waals surface area contributed by atoms with Crippen LogP contribution in [0.3, 0.4) is 0 Å². The van der Waals surface area contributed by atoms with E-state index < -0.39 is 0 Å². The molecule has 1 aromatic rings. The summed E-state index contributed by atoms with van der Waals surface area (Å²) in [6.45, 7) is 9.84. The molecule has 1 aromatic heterocycles. The topological polar surface area (TPSA) is 33.1 Å². The van der Waals surface area contributed by atoms with Gasteiger partial charge < -0.3 is 5.11 Å². The van der Waals surface area contributed by atoms with Crippen molar-refractivity contribution in [2.24, 2.45) is 0 Å². The van der Waals surface area contributed by atoms with E-state index in [9.17, 15) is 5.11 Å². The van der Waals surface area contributed by atoms with Crippen LogP contribution in [0, 0.1) is 0 Å². The van der Waals surface area contributed by atoms with E-state index in [-0.39, 0.29) is 6.61 Å². The van der Waals surface area contributed by atoms with E-state index in [1.807, 2.05) is 32.1 Å². The number of hydrogen-bond donors (Lipinski definition) is 1. The van der Waals surface area contributed by atoms with Gasteiger partial charge in [0.2, 0.25) is 0 Å². The molecule has 2 nitrogen and oxygen atoms in total. The Bertz CT molecular complexity index is 419. The minimum Gasteiger partial charge on any atom is -0.392 e. The van der Waals surface area contributed by atoms with Crippen LogP contribution in [-0.2, 0) is 13.0 Å². The van der Waals surface area contributed by atoms with E-state index in [0.717, 1.165) is 29.7 Å². The van der Waals surface area contributed by atoms with Crippen molar-refractivity contribution < 1.29 is 5.11 Å². The lowest BCUT2D eigenvalue weighted by atomic mass is 10.0. The van der Waals surface area contributed by atoms with Crippen molar-refractivity contribution in [2.45, 2.75) is 40.2 Å². The SMILES string of the molecule is C=C/C=C(\C=C/CC)Cc1ncccc1CO.CC. The summed E-state index contributed by atoms with van der Waals surface area (Å²) in [4.78, 5) is 4.31. The van der Waals surface area contributed by atoms with Crippen LogP contribution in [0.5, 0.6) is 0 Å². The highest BCUT2D eigenvalue weighted by molar-refractivity contribution is 5.31. The minimum atomic E-state index is 0.0298. The third-order valence-corrected chi connectivity index (χ3v) is 2.43. The summed E-state index contributed by atoms with van der Waals surface area (Å²) < 4.78 is 0. The predicted octanol–water partition coefficient (Wildman–Crippen LogP) is 4.22. The largest absolute Gasteiger partial charge is 0.392 e. The fourth-order valence-corrected chi connectivity index (χ4v) is 1.56. The number of aliphatic hydroxyl groups is 1. The molecule has 0 amide bonds. The standard InChI is InChI=1S/C15H19NO.C2H6/c1-3-5-8-13(7-4-2)11-15-14(12-17)9-6-10-16-15;1-2/h4-10,17H,2-3,11-12H2,1H3;1-2H3/b8-5-,13-7+;. The van der Waals surface area contributed by atoms with E-state index in [4.69, 9.17) is 0 Å². The molecule has 0 unspecified atom stereocenters. The molecule has 0 aromatic carbocycles. The Hall–Kier alpha value is -1.67. The number of hydrogen-bond acceptors (Lipinski definition) is 2. The van der Waals surface area contributed by atoms with Gasteiger partial charge in [0.15, 0.2) is 0 Å². The number of aromatic nitrogens is 1. The quantitative estimate of drug-likeness (QED) is 0.776. The maximum Gasteiger partial charge on any atom is 0.0699 e. The number of aliphatic hydroxyl groups excluding tert-OH is 1. The second-order valence-electron chi connectivity index (χ2n) is 3.73. The average Bonchev–Trinajstić information content (AvgIpc) is 2.47. The molecule has 1 heterocycles. The van der Waals surface area contributed by atoms with E-state index in [2.05, 4.69) is 30.6 Å². The Morgan fingerprint density at radius 3 is 2.74 bits per heavy atom. The van der Waals surface area contributed by atoms with Crippen LogP contribution in [0.4, 0.5) is 0 Å². The van der Waals surface area contributed by atoms with Crippen molar-refractivity contribution in [1.82, 2.24) is 4.98 Å². The lowest BCUT2D eigenvalue weighted by Crippen LogP contribution is -1.98. The van der Waals surface area contributed by atoms with Gasteiger partial charge in [-0.25, -0.2) is 0 Å². The molecule has 0 atom stereocenters. The number of pyridine rings is 1. The Morgan fingerprint density at radius 2 is 2.16 bits per heavy atom. The van der Waals surface area contributed by atoms with Gasteiger partial charge in [-0.3, -0.25) is 4.98 Å². The van der Waals surface area contributed by atoms with E-state index >= 15 is 0 Å². The van der Waals surface area contributed by atoms with Crippen molar-refractivity contribution in [3.63, 3.8) is 0 Å². The summed E-state index contributed by atoms with van der Waals surface area (Å²) in [5.41, 5.74) is 2.95. The van der Waals surface area contributed by atoms with E-state index in [0.29, 0.717) is 0 Å². The molecule has 19 heavy (non-hydrogen) atoms. The Kier molecular flexibility index (Phi) is 10.4. The first-order valence-electron chi connectivity index (χ1n) is 6.83. The van der Waals surface area contributed by atoms with Crippen LogP contribution in [0.1, 0.15) is 38.4 Å². The predicted molar refractivity (Wildman–Crippen MR) is 82.9 cm³/mol. The molecule has 0 aliphatic carbocycles.